The molecule has 6 nitrogen and oxygen atoms in total. The van der Waals surface area contributed by atoms with Crippen LogP contribution in [0.1, 0.15) is 36.4 Å². The number of quaternary nitrogens is 1. The first-order valence-corrected chi connectivity index (χ1v) is 10.3. The SMILES string of the molecule is COc1ccc(C2=NN3[C@@H](C2)c2ccccc2OC32CC[NH+](C)CC2)cc1OC. The lowest BCUT2D eigenvalue weighted by molar-refractivity contribution is -0.888. The Morgan fingerprint density at radius 2 is 1.83 bits per heavy atom. The van der Waals surface area contributed by atoms with Crippen LogP contribution in [0.5, 0.6) is 17.2 Å². The summed E-state index contributed by atoms with van der Waals surface area (Å²) in [5, 5.41) is 7.39. The van der Waals surface area contributed by atoms with Crippen LogP contribution in [0.3, 0.4) is 0 Å². The summed E-state index contributed by atoms with van der Waals surface area (Å²) in [6, 6.07) is 14.7. The van der Waals surface area contributed by atoms with E-state index in [9.17, 15) is 0 Å². The summed E-state index contributed by atoms with van der Waals surface area (Å²) in [5.41, 5.74) is 3.02. The van der Waals surface area contributed by atoms with Gasteiger partial charge in [0.05, 0.1) is 59.0 Å². The minimum Gasteiger partial charge on any atom is -0.493 e. The highest BCUT2D eigenvalue weighted by Crippen LogP contribution is 2.49. The Bertz CT molecular complexity index is 950. The lowest BCUT2D eigenvalue weighted by Gasteiger charge is -2.49. The van der Waals surface area contributed by atoms with Crippen molar-refractivity contribution in [2.45, 2.75) is 31.0 Å². The Kier molecular flexibility index (Phi) is 4.39. The molecule has 1 fully saturated rings. The van der Waals surface area contributed by atoms with E-state index in [0.717, 1.165) is 60.9 Å². The fourth-order valence-electron chi connectivity index (χ4n) is 4.82. The molecule has 2 aromatic rings. The molecule has 3 aliphatic heterocycles. The van der Waals surface area contributed by atoms with Crippen molar-refractivity contribution in [3.63, 3.8) is 0 Å². The van der Waals surface area contributed by atoms with Crippen molar-refractivity contribution in [1.29, 1.82) is 0 Å². The average molecular weight is 394 g/mol. The predicted octanol–water partition coefficient (Wildman–Crippen LogP) is 2.25. The minimum atomic E-state index is -0.350. The van der Waals surface area contributed by atoms with E-state index in [1.54, 1.807) is 19.1 Å². The van der Waals surface area contributed by atoms with E-state index in [1.165, 1.54) is 5.56 Å². The third-order valence-corrected chi connectivity index (χ3v) is 6.51. The summed E-state index contributed by atoms with van der Waals surface area (Å²) >= 11 is 0. The van der Waals surface area contributed by atoms with Gasteiger partial charge in [-0.25, -0.2) is 5.01 Å². The van der Waals surface area contributed by atoms with Crippen molar-refractivity contribution in [1.82, 2.24) is 5.01 Å². The van der Waals surface area contributed by atoms with Gasteiger partial charge in [-0.05, 0) is 24.3 Å². The van der Waals surface area contributed by atoms with Gasteiger partial charge in [0.25, 0.3) is 0 Å². The first-order chi connectivity index (χ1) is 14.1. The Balaban J connectivity index is 1.56. The molecule has 152 valence electrons. The van der Waals surface area contributed by atoms with Crippen LogP contribution in [-0.4, -0.2) is 50.8 Å². The normalized spacial score (nSPS) is 27.7. The Morgan fingerprint density at radius 3 is 2.59 bits per heavy atom. The number of fused-ring (bicyclic) bond motifs is 4. The molecule has 0 radical (unpaired) electrons. The molecule has 3 heterocycles. The van der Waals surface area contributed by atoms with Crippen molar-refractivity contribution < 1.29 is 19.1 Å². The molecule has 1 N–H and O–H groups in total. The van der Waals surface area contributed by atoms with Gasteiger partial charge in [0.2, 0.25) is 5.72 Å². The lowest BCUT2D eigenvalue weighted by atomic mass is 9.91. The molecule has 1 atom stereocenters. The number of para-hydroxylation sites is 1. The number of nitrogens with one attached hydrogen (secondary N) is 1. The van der Waals surface area contributed by atoms with E-state index in [-0.39, 0.29) is 11.8 Å². The van der Waals surface area contributed by atoms with Gasteiger partial charge in [0, 0.05) is 17.5 Å². The van der Waals surface area contributed by atoms with Gasteiger partial charge < -0.3 is 19.1 Å². The molecular formula is C23H28N3O3+. The molecule has 5 rings (SSSR count). The Morgan fingerprint density at radius 1 is 1.07 bits per heavy atom. The van der Waals surface area contributed by atoms with Crippen molar-refractivity contribution >= 4 is 5.71 Å². The number of benzene rings is 2. The van der Waals surface area contributed by atoms with Gasteiger partial charge >= 0.3 is 0 Å². The van der Waals surface area contributed by atoms with E-state index in [1.807, 2.05) is 12.1 Å². The van der Waals surface area contributed by atoms with Crippen LogP contribution in [0.2, 0.25) is 0 Å². The number of likely N-dealkylation sites (tertiary alicyclic amines) is 1. The zero-order valence-corrected chi connectivity index (χ0v) is 17.3. The van der Waals surface area contributed by atoms with Crippen molar-refractivity contribution in [3.8, 4) is 17.2 Å². The number of piperidine rings is 1. The van der Waals surface area contributed by atoms with Crippen LogP contribution >= 0.6 is 0 Å². The maximum atomic E-state index is 6.65. The first-order valence-electron chi connectivity index (χ1n) is 10.3. The fourth-order valence-corrected chi connectivity index (χ4v) is 4.82. The van der Waals surface area contributed by atoms with Crippen molar-refractivity contribution in [2.75, 3.05) is 34.4 Å². The number of nitrogens with zero attached hydrogens (tertiary/aromatic N) is 2. The average Bonchev–Trinajstić information content (AvgIpc) is 3.22. The number of ether oxygens (including phenoxy) is 3. The van der Waals surface area contributed by atoms with Crippen molar-refractivity contribution in [2.24, 2.45) is 5.10 Å². The molecular weight excluding hydrogens is 366 g/mol. The minimum absolute atomic E-state index is 0.210. The van der Waals surface area contributed by atoms with E-state index in [2.05, 4.69) is 42.4 Å². The van der Waals surface area contributed by atoms with Gasteiger partial charge in [0.1, 0.15) is 5.75 Å². The molecule has 2 aromatic carbocycles. The maximum Gasteiger partial charge on any atom is 0.208 e. The molecule has 29 heavy (non-hydrogen) atoms. The molecule has 0 aromatic heterocycles. The van der Waals surface area contributed by atoms with Crippen LogP contribution in [-0.2, 0) is 0 Å². The Hall–Kier alpha value is -2.73. The Labute approximate surface area is 171 Å². The zero-order valence-electron chi connectivity index (χ0n) is 17.3. The number of hydrogen-bond donors (Lipinski definition) is 1. The molecule has 0 amide bonds. The number of rotatable bonds is 3. The predicted molar refractivity (Wildman–Crippen MR) is 111 cm³/mol. The summed E-state index contributed by atoms with van der Waals surface area (Å²) in [7, 11) is 5.58. The number of hydrogen-bond acceptors (Lipinski definition) is 5. The van der Waals surface area contributed by atoms with E-state index >= 15 is 0 Å². The van der Waals surface area contributed by atoms with Gasteiger partial charge in [-0.2, -0.15) is 5.10 Å². The molecule has 0 aliphatic carbocycles. The third kappa shape index (κ3) is 2.94. The quantitative estimate of drug-likeness (QED) is 0.868. The van der Waals surface area contributed by atoms with Gasteiger partial charge in [-0.1, -0.05) is 18.2 Å². The summed E-state index contributed by atoms with van der Waals surface area (Å²) in [6.45, 7) is 2.18. The summed E-state index contributed by atoms with van der Waals surface area (Å²) in [6.07, 6.45) is 2.82. The summed E-state index contributed by atoms with van der Waals surface area (Å²) in [4.78, 5) is 1.55. The molecule has 1 saturated heterocycles. The smallest absolute Gasteiger partial charge is 0.208 e. The molecule has 0 bridgehead atoms. The van der Waals surface area contributed by atoms with Crippen LogP contribution in [0.25, 0.3) is 0 Å². The number of hydrazone groups is 1. The highest BCUT2D eigenvalue weighted by molar-refractivity contribution is 6.02. The molecule has 0 saturated carbocycles. The summed E-state index contributed by atoms with van der Waals surface area (Å²) < 4.78 is 17.6. The third-order valence-electron chi connectivity index (χ3n) is 6.51. The standard InChI is InChI=1S/C23H27N3O3/c1-25-12-10-23(11-13-25)26-19(17-6-4-5-7-20(17)29-23)15-18(24-26)16-8-9-21(27-2)22(14-16)28-3/h4-9,14,19H,10-13,15H2,1-3H3/p+1/t19-/m0/s1. The fraction of sp³-hybridized carbons (Fsp3) is 0.435. The van der Waals surface area contributed by atoms with Crippen LogP contribution in [0.4, 0.5) is 0 Å². The topological polar surface area (TPSA) is 47.7 Å². The second-order valence-corrected chi connectivity index (χ2v) is 8.22. The van der Waals surface area contributed by atoms with Crippen molar-refractivity contribution in [3.05, 3.63) is 53.6 Å². The summed E-state index contributed by atoms with van der Waals surface area (Å²) in [5.74, 6) is 2.47. The largest absolute Gasteiger partial charge is 0.493 e. The molecule has 3 aliphatic rings. The monoisotopic (exact) mass is 394 g/mol. The second kappa shape index (κ2) is 6.95. The lowest BCUT2D eigenvalue weighted by Crippen LogP contribution is -3.11. The van der Waals surface area contributed by atoms with E-state index < -0.39 is 0 Å². The van der Waals surface area contributed by atoms with Gasteiger partial charge in [-0.15, -0.1) is 0 Å². The van der Waals surface area contributed by atoms with Crippen LogP contribution < -0.4 is 19.1 Å². The second-order valence-electron chi connectivity index (χ2n) is 8.22. The highest BCUT2D eigenvalue weighted by atomic mass is 16.5. The number of methoxy groups -OCH3 is 2. The van der Waals surface area contributed by atoms with Gasteiger partial charge in [0.15, 0.2) is 11.5 Å². The van der Waals surface area contributed by atoms with E-state index in [0.29, 0.717) is 0 Å². The first kappa shape index (κ1) is 18.3. The molecule has 1 spiro atoms. The van der Waals surface area contributed by atoms with Crippen LogP contribution in [0.15, 0.2) is 47.6 Å². The zero-order chi connectivity index (χ0) is 20.0. The molecule has 0 unspecified atom stereocenters. The van der Waals surface area contributed by atoms with E-state index in [4.69, 9.17) is 19.3 Å². The van der Waals surface area contributed by atoms with Gasteiger partial charge in [-0.3, -0.25) is 0 Å². The van der Waals surface area contributed by atoms with Crippen LogP contribution in [0, 0.1) is 0 Å². The molecule has 6 heteroatoms. The highest BCUT2D eigenvalue weighted by Gasteiger charge is 2.52. The maximum absolute atomic E-state index is 6.65.